The molecule has 0 saturated carbocycles. The van der Waals surface area contributed by atoms with E-state index in [1.54, 1.807) is 31.2 Å². The maximum absolute atomic E-state index is 13.0. The molecule has 1 aliphatic heterocycles. The number of hydrogen-bond acceptors (Lipinski definition) is 5. The number of aryl methyl sites for hydroxylation is 1. The van der Waals surface area contributed by atoms with Crippen molar-refractivity contribution in [3.8, 4) is 0 Å². The normalized spacial score (nSPS) is 16.4. The number of pyridine rings is 1. The van der Waals surface area contributed by atoms with Crippen molar-refractivity contribution in [1.82, 2.24) is 19.6 Å². The number of amides is 1. The SMILES string of the molecule is CCc1c(CN2CCCCC2c2ccccc2)nc2cc(C(=O)NCc3ccc(S(=O)(=O)CC)cc3)ccn12. The number of sulfone groups is 1. The topological polar surface area (TPSA) is 83.8 Å². The van der Waals surface area contributed by atoms with E-state index in [0.29, 0.717) is 23.0 Å². The number of carbonyl (C=O) groups is 1. The summed E-state index contributed by atoms with van der Waals surface area (Å²) in [5.41, 5.74) is 5.77. The van der Waals surface area contributed by atoms with Gasteiger partial charge < -0.3 is 9.72 Å². The first-order chi connectivity index (χ1) is 18.9. The van der Waals surface area contributed by atoms with Gasteiger partial charge in [0, 0.05) is 36.6 Å². The highest BCUT2D eigenvalue weighted by atomic mass is 32.2. The lowest BCUT2D eigenvalue weighted by Gasteiger charge is -2.35. The van der Waals surface area contributed by atoms with E-state index in [2.05, 4.69) is 51.9 Å². The third kappa shape index (κ3) is 5.92. The summed E-state index contributed by atoms with van der Waals surface area (Å²) < 4.78 is 26.2. The standard InChI is InChI=1S/C31H36N4O3S/c1-3-28-27(22-34-18-9-8-12-29(34)24-10-6-5-7-11-24)33-30-20-25(17-19-35(28)30)31(36)32-21-23-13-15-26(16-14-23)39(37,38)4-2/h5-7,10-11,13-17,19-20,29H,3-4,8-9,12,18,21-22H2,1-2H3,(H,32,36). The van der Waals surface area contributed by atoms with Gasteiger partial charge in [0.1, 0.15) is 5.65 Å². The number of likely N-dealkylation sites (tertiary alicyclic amines) is 1. The minimum Gasteiger partial charge on any atom is -0.348 e. The number of carbonyl (C=O) groups excluding carboxylic acids is 1. The summed E-state index contributed by atoms with van der Waals surface area (Å²) in [5.74, 6) is -0.127. The van der Waals surface area contributed by atoms with E-state index in [0.717, 1.165) is 42.8 Å². The van der Waals surface area contributed by atoms with Gasteiger partial charge >= 0.3 is 0 Å². The molecular weight excluding hydrogens is 508 g/mol. The molecule has 0 radical (unpaired) electrons. The molecule has 5 rings (SSSR count). The minimum absolute atomic E-state index is 0.0619. The molecule has 7 nitrogen and oxygen atoms in total. The third-order valence-corrected chi connectivity index (χ3v) is 9.42. The lowest BCUT2D eigenvalue weighted by atomic mass is 9.95. The number of hydrogen-bond donors (Lipinski definition) is 1. The zero-order valence-corrected chi connectivity index (χ0v) is 23.5. The number of imidazole rings is 1. The summed E-state index contributed by atoms with van der Waals surface area (Å²) in [5, 5.41) is 2.94. The maximum atomic E-state index is 13.0. The summed E-state index contributed by atoms with van der Waals surface area (Å²) in [4.78, 5) is 20.8. The molecule has 4 aromatic rings. The summed E-state index contributed by atoms with van der Waals surface area (Å²) in [6.45, 7) is 5.93. The van der Waals surface area contributed by atoms with E-state index in [1.807, 2.05) is 18.3 Å². The van der Waals surface area contributed by atoms with Crippen LogP contribution in [0.5, 0.6) is 0 Å². The number of nitrogens with zero attached hydrogens (tertiary/aromatic N) is 3. The fourth-order valence-electron chi connectivity index (χ4n) is 5.48. The van der Waals surface area contributed by atoms with E-state index in [1.165, 1.54) is 24.1 Å². The number of piperidine rings is 1. The van der Waals surface area contributed by atoms with Gasteiger partial charge in [-0.15, -0.1) is 0 Å². The lowest BCUT2D eigenvalue weighted by molar-refractivity contribution is 0.0951. The van der Waals surface area contributed by atoms with Crippen LogP contribution in [0.2, 0.25) is 0 Å². The first-order valence-electron chi connectivity index (χ1n) is 13.8. The second kappa shape index (κ2) is 11.7. The Morgan fingerprint density at radius 3 is 2.51 bits per heavy atom. The van der Waals surface area contributed by atoms with Crippen LogP contribution in [0.1, 0.15) is 72.0 Å². The van der Waals surface area contributed by atoms with E-state index in [4.69, 9.17) is 4.98 Å². The van der Waals surface area contributed by atoms with Crippen molar-refractivity contribution in [3.63, 3.8) is 0 Å². The van der Waals surface area contributed by atoms with Gasteiger partial charge in [-0.1, -0.05) is 62.7 Å². The quantitative estimate of drug-likeness (QED) is 0.307. The van der Waals surface area contributed by atoms with Gasteiger partial charge in [-0.3, -0.25) is 9.69 Å². The Morgan fingerprint density at radius 1 is 1.03 bits per heavy atom. The van der Waals surface area contributed by atoms with Crippen LogP contribution in [-0.2, 0) is 29.3 Å². The van der Waals surface area contributed by atoms with Gasteiger partial charge in [-0.25, -0.2) is 13.4 Å². The van der Waals surface area contributed by atoms with Crippen LogP contribution in [0.15, 0.2) is 77.8 Å². The molecule has 1 unspecified atom stereocenters. The van der Waals surface area contributed by atoms with Crippen LogP contribution in [0.4, 0.5) is 0 Å². The monoisotopic (exact) mass is 544 g/mol. The molecule has 0 spiro atoms. The highest BCUT2D eigenvalue weighted by Gasteiger charge is 2.26. The van der Waals surface area contributed by atoms with Crippen molar-refractivity contribution in [2.75, 3.05) is 12.3 Å². The molecule has 1 N–H and O–H groups in total. The Labute approximate surface area is 230 Å². The molecule has 8 heteroatoms. The van der Waals surface area contributed by atoms with Crippen molar-refractivity contribution >= 4 is 21.4 Å². The van der Waals surface area contributed by atoms with E-state index in [-0.39, 0.29) is 11.7 Å². The van der Waals surface area contributed by atoms with Gasteiger partial charge in [0.05, 0.1) is 16.3 Å². The zero-order valence-electron chi connectivity index (χ0n) is 22.6. The van der Waals surface area contributed by atoms with Crippen molar-refractivity contribution in [2.24, 2.45) is 0 Å². The molecule has 0 bridgehead atoms. The van der Waals surface area contributed by atoms with Crippen LogP contribution in [0.3, 0.4) is 0 Å². The number of aromatic nitrogens is 2. The molecular formula is C31H36N4O3S. The van der Waals surface area contributed by atoms with Crippen molar-refractivity contribution in [2.45, 2.75) is 63.6 Å². The molecule has 2 aromatic carbocycles. The van der Waals surface area contributed by atoms with Gasteiger partial charge in [0.15, 0.2) is 9.84 Å². The van der Waals surface area contributed by atoms with Crippen LogP contribution in [0, 0.1) is 0 Å². The first-order valence-corrected chi connectivity index (χ1v) is 15.4. The highest BCUT2D eigenvalue weighted by Crippen LogP contribution is 2.32. The van der Waals surface area contributed by atoms with Crippen LogP contribution in [0.25, 0.3) is 5.65 Å². The van der Waals surface area contributed by atoms with Crippen molar-refractivity contribution in [3.05, 3.63) is 101 Å². The first kappa shape index (κ1) is 27.1. The van der Waals surface area contributed by atoms with E-state index in [9.17, 15) is 13.2 Å². The van der Waals surface area contributed by atoms with Gasteiger partial charge in [-0.2, -0.15) is 0 Å². The lowest BCUT2D eigenvalue weighted by Crippen LogP contribution is -2.33. The summed E-state index contributed by atoms with van der Waals surface area (Å²) >= 11 is 0. The highest BCUT2D eigenvalue weighted by molar-refractivity contribution is 7.91. The van der Waals surface area contributed by atoms with Crippen LogP contribution in [-0.4, -0.2) is 40.9 Å². The Kier molecular flexibility index (Phi) is 8.14. The predicted octanol–water partition coefficient (Wildman–Crippen LogP) is 5.35. The predicted molar refractivity (Wildman–Crippen MR) is 153 cm³/mol. The summed E-state index contributed by atoms with van der Waals surface area (Å²) in [7, 11) is -3.24. The number of nitrogens with one attached hydrogen (secondary N) is 1. The Bertz CT molecular complexity index is 1550. The smallest absolute Gasteiger partial charge is 0.251 e. The Balaban J connectivity index is 1.31. The van der Waals surface area contributed by atoms with Gasteiger partial charge in [0.2, 0.25) is 0 Å². The minimum atomic E-state index is -3.24. The molecule has 2 aromatic heterocycles. The Morgan fingerprint density at radius 2 is 1.79 bits per heavy atom. The fraction of sp³-hybridized carbons (Fsp3) is 0.355. The molecule has 3 heterocycles. The summed E-state index contributed by atoms with van der Waals surface area (Å²) in [6, 6.07) is 21.5. The second-order valence-corrected chi connectivity index (χ2v) is 12.4. The Hall–Kier alpha value is -3.49. The van der Waals surface area contributed by atoms with Crippen molar-refractivity contribution < 1.29 is 13.2 Å². The summed E-state index contributed by atoms with van der Waals surface area (Å²) in [6.07, 6.45) is 6.38. The molecule has 1 saturated heterocycles. The van der Waals surface area contributed by atoms with E-state index < -0.39 is 9.84 Å². The molecule has 204 valence electrons. The maximum Gasteiger partial charge on any atom is 0.251 e. The molecule has 1 amide bonds. The number of benzene rings is 2. The fourth-order valence-corrected chi connectivity index (χ4v) is 6.36. The molecule has 1 aliphatic rings. The zero-order chi connectivity index (χ0) is 27.4. The van der Waals surface area contributed by atoms with Crippen molar-refractivity contribution in [1.29, 1.82) is 0 Å². The molecule has 1 atom stereocenters. The molecule has 0 aliphatic carbocycles. The van der Waals surface area contributed by atoms with Crippen LogP contribution >= 0.6 is 0 Å². The molecule has 1 fully saturated rings. The van der Waals surface area contributed by atoms with Gasteiger partial charge in [-0.05, 0) is 61.2 Å². The molecule has 39 heavy (non-hydrogen) atoms. The average molecular weight is 545 g/mol. The van der Waals surface area contributed by atoms with Crippen LogP contribution < -0.4 is 5.32 Å². The second-order valence-electron chi connectivity index (χ2n) is 10.1. The number of rotatable bonds is 9. The largest absolute Gasteiger partial charge is 0.348 e. The average Bonchev–Trinajstić information content (AvgIpc) is 3.33. The number of fused-ring (bicyclic) bond motifs is 1. The van der Waals surface area contributed by atoms with Gasteiger partial charge in [0.25, 0.3) is 5.91 Å². The van der Waals surface area contributed by atoms with E-state index >= 15 is 0 Å². The third-order valence-electron chi connectivity index (χ3n) is 7.67.